The topological polar surface area (TPSA) is 52.6 Å². The number of carbonyl (C=O) groups is 1. The normalized spacial score (nSPS) is 27.2. The van der Waals surface area contributed by atoms with Crippen molar-refractivity contribution in [3.05, 3.63) is 0 Å². The van der Waals surface area contributed by atoms with E-state index in [-0.39, 0.29) is 6.04 Å². The molecular formula is C10H18N2O2. The third-order valence-corrected chi connectivity index (χ3v) is 3.56. The monoisotopic (exact) mass is 198 g/mol. The summed E-state index contributed by atoms with van der Waals surface area (Å²) < 4.78 is 0. The summed E-state index contributed by atoms with van der Waals surface area (Å²) in [7, 11) is 0. The van der Waals surface area contributed by atoms with Crippen LogP contribution in [0.4, 0.5) is 4.79 Å². The van der Waals surface area contributed by atoms with Crippen molar-refractivity contribution < 1.29 is 9.90 Å². The van der Waals surface area contributed by atoms with Gasteiger partial charge in [-0.2, -0.15) is 0 Å². The van der Waals surface area contributed by atoms with Crippen LogP contribution in [-0.4, -0.2) is 40.8 Å². The highest BCUT2D eigenvalue weighted by Crippen LogP contribution is 2.42. The summed E-state index contributed by atoms with van der Waals surface area (Å²) >= 11 is 0. The molecule has 0 unspecified atom stereocenters. The molecule has 2 aliphatic rings. The molecule has 2 fully saturated rings. The van der Waals surface area contributed by atoms with Crippen LogP contribution >= 0.6 is 0 Å². The lowest BCUT2D eigenvalue weighted by Gasteiger charge is -2.36. The van der Waals surface area contributed by atoms with Crippen LogP contribution in [0.15, 0.2) is 0 Å². The second-order valence-corrected chi connectivity index (χ2v) is 4.71. The van der Waals surface area contributed by atoms with E-state index in [0.29, 0.717) is 5.54 Å². The number of carboxylic acid groups (broad SMARTS) is 1. The summed E-state index contributed by atoms with van der Waals surface area (Å²) in [5.74, 6) is 0. The van der Waals surface area contributed by atoms with Gasteiger partial charge in [-0.3, -0.25) is 4.90 Å². The lowest BCUT2D eigenvalue weighted by molar-refractivity contribution is 0.132. The van der Waals surface area contributed by atoms with E-state index in [9.17, 15) is 4.79 Å². The summed E-state index contributed by atoms with van der Waals surface area (Å²) in [5.41, 5.74) is 0.453. The molecule has 0 spiro atoms. The van der Waals surface area contributed by atoms with Gasteiger partial charge in [0.1, 0.15) is 0 Å². The summed E-state index contributed by atoms with van der Waals surface area (Å²) in [5, 5.41) is 11.1. The smallest absolute Gasteiger partial charge is 0.404 e. The standard InChI is InChI=1S/C10H18N2O2/c1-10(4-5-10)12-6-2-8(3-7-12)11-9(13)14/h8,11H,2-7H2,1H3,(H,13,14). The lowest BCUT2D eigenvalue weighted by Crippen LogP contribution is -2.47. The number of nitrogens with zero attached hydrogens (tertiary/aromatic N) is 1. The summed E-state index contributed by atoms with van der Waals surface area (Å²) in [6.45, 7) is 4.39. The summed E-state index contributed by atoms with van der Waals surface area (Å²) in [6.07, 6.45) is 3.65. The first-order valence-corrected chi connectivity index (χ1v) is 5.35. The van der Waals surface area contributed by atoms with Crippen LogP contribution in [0.2, 0.25) is 0 Å². The molecule has 1 aliphatic carbocycles. The van der Waals surface area contributed by atoms with Crippen LogP contribution in [0.3, 0.4) is 0 Å². The van der Waals surface area contributed by atoms with Crippen molar-refractivity contribution in [3.63, 3.8) is 0 Å². The molecule has 1 saturated heterocycles. The van der Waals surface area contributed by atoms with Gasteiger partial charge < -0.3 is 10.4 Å². The van der Waals surface area contributed by atoms with Crippen molar-refractivity contribution >= 4 is 6.09 Å². The molecule has 4 nitrogen and oxygen atoms in total. The number of amides is 1. The first kappa shape index (κ1) is 9.77. The van der Waals surface area contributed by atoms with E-state index in [1.807, 2.05) is 0 Å². The van der Waals surface area contributed by atoms with Crippen molar-refractivity contribution in [2.24, 2.45) is 0 Å². The minimum absolute atomic E-state index is 0.172. The second-order valence-electron chi connectivity index (χ2n) is 4.71. The quantitative estimate of drug-likeness (QED) is 0.702. The number of piperidine rings is 1. The molecule has 4 heteroatoms. The fourth-order valence-electron chi connectivity index (χ4n) is 2.24. The molecule has 2 N–H and O–H groups in total. The zero-order chi connectivity index (χ0) is 10.2. The van der Waals surface area contributed by atoms with Crippen LogP contribution in [0.25, 0.3) is 0 Å². The molecule has 1 amide bonds. The van der Waals surface area contributed by atoms with Crippen LogP contribution in [0.1, 0.15) is 32.6 Å². The zero-order valence-electron chi connectivity index (χ0n) is 8.62. The van der Waals surface area contributed by atoms with Crippen molar-refractivity contribution in [3.8, 4) is 0 Å². The van der Waals surface area contributed by atoms with E-state index in [4.69, 9.17) is 5.11 Å². The molecular weight excluding hydrogens is 180 g/mol. The Morgan fingerprint density at radius 2 is 2.00 bits per heavy atom. The molecule has 1 aliphatic heterocycles. The van der Waals surface area contributed by atoms with Crippen LogP contribution in [-0.2, 0) is 0 Å². The Hall–Kier alpha value is -0.770. The third-order valence-electron chi connectivity index (χ3n) is 3.56. The highest BCUT2D eigenvalue weighted by molar-refractivity contribution is 5.64. The molecule has 1 saturated carbocycles. The average Bonchev–Trinajstić information content (AvgIpc) is 2.85. The third kappa shape index (κ3) is 2.00. The Morgan fingerprint density at radius 3 is 2.43 bits per heavy atom. The molecule has 0 atom stereocenters. The Balaban J connectivity index is 1.77. The maximum absolute atomic E-state index is 10.4. The molecule has 1 heterocycles. The van der Waals surface area contributed by atoms with Crippen molar-refractivity contribution in [2.45, 2.75) is 44.2 Å². The molecule has 0 bridgehead atoms. The Bertz CT molecular complexity index is 230. The summed E-state index contributed by atoms with van der Waals surface area (Å²) in [6, 6.07) is 0.172. The second kappa shape index (κ2) is 3.42. The zero-order valence-corrected chi connectivity index (χ0v) is 8.62. The maximum Gasteiger partial charge on any atom is 0.404 e. The highest BCUT2D eigenvalue weighted by Gasteiger charge is 2.44. The van der Waals surface area contributed by atoms with E-state index in [1.165, 1.54) is 12.8 Å². The van der Waals surface area contributed by atoms with Gasteiger partial charge in [-0.1, -0.05) is 0 Å². The lowest BCUT2D eigenvalue weighted by atomic mass is 10.0. The van der Waals surface area contributed by atoms with E-state index >= 15 is 0 Å². The predicted octanol–water partition coefficient (Wildman–Crippen LogP) is 1.27. The van der Waals surface area contributed by atoms with Gasteiger partial charge in [0.15, 0.2) is 0 Å². The number of nitrogens with one attached hydrogen (secondary N) is 1. The van der Waals surface area contributed by atoms with E-state index in [0.717, 1.165) is 25.9 Å². The average molecular weight is 198 g/mol. The Morgan fingerprint density at radius 1 is 1.43 bits per heavy atom. The van der Waals surface area contributed by atoms with Crippen LogP contribution < -0.4 is 5.32 Å². The van der Waals surface area contributed by atoms with Gasteiger partial charge in [-0.25, -0.2) is 4.79 Å². The molecule has 14 heavy (non-hydrogen) atoms. The fourth-order valence-corrected chi connectivity index (χ4v) is 2.24. The van der Waals surface area contributed by atoms with Gasteiger partial charge >= 0.3 is 6.09 Å². The van der Waals surface area contributed by atoms with Crippen molar-refractivity contribution in [1.29, 1.82) is 0 Å². The van der Waals surface area contributed by atoms with Crippen molar-refractivity contribution in [2.75, 3.05) is 13.1 Å². The van der Waals surface area contributed by atoms with Gasteiger partial charge in [0.25, 0.3) is 0 Å². The number of hydrogen-bond donors (Lipinski definition) is 2. The van der Waals surface area contributed by atoms with E-state index in [2.05, 4.69) is 17.1 Å². The minimum Gasteiger partial charge on any atom is -0.465 e. The molecule has 80 valence electrons. The first-order chi connectivity index (χ1) is 6.60. The first-order valence-electron chi connectivity index (χ1n) is 5.35. The number of likely N-dealkylation sites (tertiary alicyclic amines) is 1. The molecule has 0 radical (unpaired) electrons. The van der Waals surface area contributed by atoms with Gasteiger partial charge in [0.2, 0.25) is 0 Å². The fraction of sp³-hybridized carbons (Fsp3) is 0.900. The maximum atomic E-state index is 10.4. The van der Waals surface area contributed by atoms with Gasteiger partial charge in [-0.15, -0.1) is 0 Å². The minimum atomic E-state index is -0.888. The SMILES string of the molecule is CC1(N2CCC(NC(=O)O)CC2)CC1. The molecule has 0 aromatic heterocycles. The highest BCUT2D eigenvalue weighted by atomic mass is 16.4. The van der Waals surface area contributed by atoms with Gasteiger partial charge in [0, 0.05) is 24.7 Å². The Labute approximate surface area is 84.3 Å². The summed E-state index contributed by atoms with van der Waals surface area (Å²) in [4.78, 5) is 12.9. The van der Waals surface area contributed by atoms with Crippen LogP contribution in [0, 0.1) is 0 Å². The van der Waals surface area contributed by atoms with Crippen molar-refractivity contribution in [1.82, 2.24) is 10.2 Å². The Kier molecular flexibility index (Phi) is 2.39. The van der Waals surface area contributed by atoms with Crippen LogP contribution in [0.5, 0.6) is 0 Å². The van der Waals surface area contributed by atoms with E-state index in [1.54, 1.807) is 0 Å². The number of hydrogen-bond acceptors (Lipinski definition) is 2. The predicted molar refractivity (Wildman–Crippen MR) is 53.4 cm³/mol. The van der Waals surface area contributed by atoms with Gasteiger partial charge in [0.05, 0.1) is 0 Å². The van der Waals surface area contributed by atoms with E-state index < -0.39 is 6.09 Å². The number of rotatable bonds is 2. The molecule has 0 aromatic rings. The molecule has 2 rings (SSSR count). The molecule has 0 aromatic carbocycles. The van der Waals surface area contributed by atoms with Gasteiger partial charge in [-0.05, 0) is 32.6 Å². The largest absolute Gasteiger partial charge is 0.465 e.